The van der Waals surface area contributed by atoms with Crippen LogP contribution in [-0.4, -0.2) is 34.1 Å². The van der Waals surface area contributed by atoms with Gasteiger partial charge < -0.3 is 10.0 Å². The zero-order chi connectivity index (χ0) is 12.8. The summed E-state index contributed by atoms with van der Waals surface area (Å²) in [5, 5.41) is 8.96. The summed E-state index contributed by atoms with van der Waals surface area (Å²) in [7, 11) is 0. The molecule has 1 rings (SSSR count). The number of rotatable bonds is 6. The minimum Gasteiger partial charge on any atom is -0.477 e. The lowest BCUT2D eigenvalue weighted by Crippen LogP contribution is -2.27. The van der Waals surface area contributed by atoms with Crippen LogP contribution in [0.2, 0.25) is 0 Å². The Morgan fingerprint density at radius 1 is 1.41 bits per heavy atom. The van der Waals surface area contributed by atoms with Gasteiger partial charge in [0, 0.05) is 18.8 Å². The third kappa shape index (κ3) is 3.69. The van der Waals surface area contributed by atoms with E-state index in [4.69, 9.17) is 5.11 Å². The SMILES string of the molecule is CCCCN(CC)c1nc(C)cc(C(=O)O)n1. The van der Waals surface area contributed by atoms with Crippen LogP contribution in [0, 0.1) is 6.92 Å². The third-order valence-electron chi connectivity index (χ3n) is 2.51. The normalized spacial score (nSPS) is 10.3. The predicted octanol–water partition coefficient (Wildman–Crippen LogP) is 2.11. The fourth-order valence-corrected chi connectivity index (χ4v) is 1.55. The highest BCUT2D eigenvalue weighted by Gasteiger charge is 2.12. The molecule has 17 heavy (non-hydrogen) atoms. The summed E-state index contributed by atoms with van der Waals surface area (Å²) in [4.78, 5) is 21.3. The second-order valence-electron chi connectivity index (χ2n) is 3.93. The van der Waals surface area contributed by atoms with E-state index >= 15 is 0 Å². The van der Waals surface area contributed by atoms with Crippen molar-refractivity contribution in [2.75, 3.05) is 18.0 Å². The number of anilines is 1. The molecule has 0 saturated carbocycles. The maximum absolute atomic E-state index is 10.9. The van der Waals surface area contributed by atoms with Crippen LogP contribution < -0.4 is 4.90 Å². The van der Waals surface area contributed by atoms with E-state index in [9.17, 15) is 4.79 Å². The summed E-state index contributed by atoms with van der Waals surface area (Å²) in [6.45, 7) is 7.55. The van der Waals surface area contributed by atoms with Crippen LogP contribution >= 0.6 is 0 Å². The van der Waals surface area contributed by atoms with Crippen molar-refractivity contribution in [1.29, 1.82) is 0 Å². The van der Waals surface area contributed by atoms with Crippen molar-refractivity contribution in [3.8, 4) is 0 Å². The van der Waals surface area contributed by atoms with Crippen molar-refractivity contribution in [1.82, 2.24) is 9.97 Å². The fraction of sp³-hybridized carbons (Fsp3) is 0.583. The van der Waals surface area contributed by atoms with Crippen molar-refractivity contribution in [2.45, 2.75) is 33.6 Å². The first-order valence-corrected chi connectivity index (χ1v) is 5.92. The molecular weight excluding hydrogens is 218 g/mol. The summed E-state index contributed by atoms with van der Waals surface area (Å²) in [6.07, 6.45) is 2.14. The topological polar surface area (TPSA) is 66.3 Å². The maximum Gasteiger partial charge on any atom is 0.354 e. The minimum absolute atomic E-state index is 0.0578. The van der Waals surface area contributed by atoms with E-state index < -0.39 is 5.97 Å². The van der Waals surface area contributed by atoms with E-state index in [2.05, 4.69) is 16.9 Å². The van der Waals surface area contributed by atoms with Crippen molar-refractivity contribution >= 4 is 11.9 Å². The molecule has 5 heteroatoms. The molecular formula is C12H19N3O2. The van der Waals surface area contributed by atoms with Crippen molar-refractivity contribution in [2.24, 2.45) is 0 Å². The number of unbranched alkanes of at least 4 members (excludes halogenated alkanes) is 1. The molecule has 0 fully saturated rings. The molecule has 0 aliphatic carbocycles. The number of aromatic carboxylic acids is 1. The molecule has 0 aromatic carbocycles. The first-order valence-electron chi connectivity index (χ1n) is 5.92. The lowest BCUT2D eigenvalue weighted by molar-refractivity contribution is 0.0690. The number of hydrogen-bond donors (Lipinski definition) is 1. The van der Waals surface area contributed by atoms with Gasteiger partial charge >= 0.3 is 5.97 Å². The number of carbonyl (C=O) groups is 1. The zero-order valence-electron chi connectivity index (χ0n) is 10.6. The first kappa shape index (κ1) is 13.4. The molecule has 1 aromatic rings. The summed E-state index contributed by atoms with van der Waals surface area (Å²) in [6, 6.07) is 1.49. The molecule has 1 aromatic heterocycles. The maximum atomic E-state index is 10.9. The van der Waals surface area contributed by atoms with Crippen molar-refractivity contribution < 1.29 is 9.90 Å². The average Bonchev–Trinajstić information content (AvgIpc) is 2.29. The number of hydrogen-bond acceptors (Lipinski definition) is 4. The molecule has 0 spiro atoms. The highest BCUT2D eigenvalue weighted by molar-refractivity contribution is 5.85. The van der Waals surface area contributed by atoms with Crippen molar-refractivity contribution in [3.05, 3.63) is 17.5 Å². The standard InChI is InChI=1S/C12H19N3O2/c1-4-6-7-15(5-2)12-13-9(3)8-10(14-12)11(16)17/h8H,4-7H2,1-3H3,(H,16,17). The lowest BCUT2D eigenvalue weighted by atomic mass is 10.3. The Morgan fingerprint density at radius 2 is 2.12 bits per heavy atom. The van der Waals surface area contributed by atoms with E-state index in [0.717, 1.165) is 25.9 Å². The van der Waals surface area contributed by atoms with Crippen LogP contribution in [0.25, 0.3) is 0 Å². The van der Waals surface area contributed by atoms with Crippen LogP contribution in [0.4, 0.5) is 5.95 Å². The lowest BCUT2D eigenvalue weighted by Gasteiger charge is -2.20. The van der Waals surface area contributed by atoms with Gasteiger partial charge in [0.1, 0.15) is 0 Å². The fourth-order valence-electron chi connectivity index (χ4n) is 1.55. The Morgan fingerprint density at radius 3 is 2.65 bits per heavy atom. The van der Waals surface area contributed by atoms with Gasteiger partial charge in [-0.15, -0.1) is 0 Å². The second kappa shape index (κ2) is 6.18. The molecule has 94 valence electrons. The first-order chi connectivity index (χ1) is 8.08. The molecule has 1 heterocycles. The van der Waals surface area contributed by atoms with Gasteiger partial charge in [-0.2, -0.15) is 0 Å². The zero-order valence-corrected chi connectivity index (χ0v) is 10.6. The van der Waals surface area contributed by atoms with Gasteiger partial charge in [-0.3, -0.25) is 0 Å². The smallest absolute Gasteiger partial charge is 0.354 e. The quantitative estimate of drug-likeness (QED) is 0.820. The van der Waals surface area contributed by atoms with Crippen LogP contribution in [0.1, 0.15) is 42.9 Å². The van der Waals surface area contributed by atoms with Crippen LogP contribution in [0.15, 0.2) is 6.07 Å². The van der Waals surface area contributed by atoms with Gasteiger partial charge in [-0.25, -0.2) is 14.8 Å². The van der Waals surface area contributed by atoms with E-state index in [0.29, 0.717) is 11.6 Å². The predicted molar refractivity (Wildman–Crippen MR) is 66.5 cm³/mol. The van der Waals surface area contributed by atoms with Gasteiger partial charge in [0.25, 0.3) is 0 Å². The minimum atomic E-state index is -1.01. The van der Waals surface area contributed by atoms with E-state index in [1.807, 2.05) is 11.8 Å². The molecule has 0 saturated heterocycles. The van der Waals surface area contributed by atoms with E-state index in [-0.39, 0.29) is 5.69 Å². The Bertz CT molecular complexity index is 393. The third-order valence-corrected chi connectivity index (χ3v) is 2.51. The highest BCUT2D eigenvalue weighted by Crippen LogP contribution is 2.11. The molecule has 0 bridgehead atoms. The monoisotopic (exact) mass is 237 g/mol. The van der Waals surface area contributed by atoms with Crippen LogP contribution in [-0.2, 0) is 0 Å². The number of aromatic nitrogens is 2. The molecule has 5 nitrogen and oxygen atoms in total. The largest absolute Gasteiger partial charge is 0.477 e. The molecule has 0 aliphatic heterocycles. The summed E-state index contributed by atoms with van der Waals surface area (Å²) < 4.78 is 0. The molecule has 0 atom stereocenters. The highest BCUT2D eigenvalue weighted by atomic mass is 16.4. The molecule has 0 unspecified atom stereocenters. The van der Waals surface area contributed by atoms with E-state index in [1.165, 1.54) is 6.07 Å². The molecule has 0 radical (unpaired) electrons. The number of nitrogens with zero attached hydrogens (tertiary/aromatic N) is 3. The second-order valence-corrected chi connectivity index (χ2v) is 3.93. The van der Waals surface area contributed by atoms with Gasteiger partial charge in [-0.05, 0) is 26.3 Å². The molecule has 0 amide bonds. The summed E-state index contributed by atoms with van der Waals surface area (Å²) in [5.74, 6) is -0.498. The Balaban J connectivity index is 2.98. The van der Waals surface area contributed by atoms with E-state index in [1.54, 1.807) is 6.92 Å². The number of carboxylic acid groups (broad SMARTS) is 1. The Labute approximate surface area is 102 Å². The number of aryl methyl sites for hydroxylation is 1. The summed E-state index contributed by atoms with van der Waals surface area (Å²) in [5.41, 5.74) is 0.741. The van der Waals surface area contributed by atoms with Gasteiger partial charge in [0.15, 0.2) is 5.69 Å². The summed E-state index contributed by atoms with van der Waals surface area (Å²) >= 11 is 0. The average molecular weight is 237 g/mol. The molecule has 0 aliphatic rings. The molecule has 1 N–H and O–H groups in total. The Hall–Kier alpha value is -1.65. The number of carboxylic acids is 1. The van der Waals surface area contributed by atoms with Gasteiger partial charge in [0.2, 0.25) is 5.95 Å². The van der Waals surface area contributed by atoms with Gasteiger partial charge in [0.05, 0.1) is 0 Å². The Kier molecular flexibility index (Phi) is 4.87. The van der Waals surface area contributed by atoms with Crippen LogP contribution in [0.3, 0.4) is 0 Å². The van der Waals surface area contributed by atoms with Crippen LogP contribution in [0.5, 0.6) is 0 Å². The van der Waals surface area contributed by atoms with Gasteiger partial charge in [-0.1, -0.05) is 13.3 Å². The van der Waals surface area contributed by atoms with Crippen molar-refractivity contribution in [3.63, 3.8) is 0 Å².